The summed E-state index contributed by atoms with van der Waals surface area (Å²) < 4.78 is 0. The fraction of sp³-hybridized carbons (Fsp3) is 0.500. The van der Waals surface area contributed by atoms with Gasteiger partial charge in [-0.25, -0.2) is 0 Å². The largest absolute Gasteiger partial charge is 0.508 e. The number of benzene rings is 1. The lowest BCUT2D eigenvalue weighted by Gasteiger charge is -2.17. The summed E-state index contributed by atoms with van der Waals surface area (Å²) in [7, 11) is 0. The molecule has 2 heteroatoms. The maximum absolute atomic E-state index is 9.41. The molecule has 3 N–H and O–H groups in total. The van der Waals surface area contributed by atoms with Crippen molar-refractivity contribution in [3.8, 4) is 5.75 Å². The lowest BCUT2D eigenvalue weighted by Crippen LogP contribution is -2.15. The van der Waals surface area contributed by atoms with E-state index < -0.39 is 0 Å². The SMILES string of the molecule is Cc1cc(O)cc(C)c1[C@@H](N)C1CC1. The van der Waals surface area contributed by atoms with Crippen molar-refractivity contribution in [1.29, 1.82) is 0 Å². The standard InChI is InChI=1S/C12H17NO/c1-7-5-10(14)6-8(2)11(7)12(13)9-3-4-9/h5-6,9,12,14H,3-4,13H2,1-2H3/t12-/m0/s1. The second-order valence-corrected chi connectivity index (χ2v) is 4.36. The summed E-state index contributed by atoms with van der Waals surface area (Å²) in [6.45, 7) is 4.04. The van der Waals surface area contributed by atoms with Crippen LogP contribution >= 0.6 is 0 Å². The number of hydrogen-bond acceptors (Lipinski definition) is 2. The van der Waals surface area contributed by atoms with E-state index in [1.54, 1.807) is 12.1 Å². The zero-order valence-corrected chi connectivity index (χ0v) is 8.75. The van der Waals surface area contributed by atoms with Crippen molar-refractivity contribution in [3.05, 3.63) is 28.8 Å². The predicted octanol–water partition coefficient (Wildman–Crippen LogP) is 2.42. The summed E-state index contributed by atoms with van der Waals surface area (Å²) in [5.74, 6) is 1.00. The van der Waals surface area contributed by atoms with Crippen molar-refractivity contribution in [2.45, 2.75) is 32.7 Å². The van der Waals surface area contributed by atoms with Gasteiger partial charge in [-0.2, -0.15) is 0 Å². The fourth-order valence-corrected chi connectivity index (χ4v) is 2.17. The molecule has 1 aliphatic rings. The summed E-state index contributed by atoms with van der Waals surface area (Å²) in [6.07, 6.45) is 2.50. The summed E-state index contributed by atoms with van der Waals surface area (Å²) >= 11 is 0. The lowest BCUT2D eigenvalue weighted by molar-refractivity contribution is 0.473. The molecular formula is C12H17NO. The maximum atomic E-state index is 9.41. The normalized spacial score (nSPS) is 18.2. The van der Waals surface area contributed by atoms with E-state index in [9.17, 15) is 5.11 Å². The number of aryl methyl sites for hydroxylation is 2. The average molecular weight is 191 g/mol. The van der Waals surface area contributed by atoms with Crippen LogP contribution < -0.4 is 5.73 Å². The molecule has 2 rings (SSSR count). The van der Waals surface area contributed by atoms with E-state index in [0.717, 1.165) is 11.1 Å². The van der Waals surface area contributed by atoms with Crippen LogP contribution in [0.1, 0.15) is 35.6 Å². The molecule has 0 heterocycles. The van der Waals surface area contributed by atoms with Crippen LogP contribution in [0.2, 0.25) is 0 Å². The zero-order valence-electron chi connectivity index (χ0n) is 8.75. The maximum Gasteiger partial charge on any atom is 0.116 e. The summed E-state index contributed by atoms with van der Waals surface area (Å²) in [6, 6.07) is 3.76. The van der Waals surface area contributed by atoms with Crippen LogP contribution in [0.3, 0.4) is 0 Å². The Morgan fingerprint density at radius 2 is 1.79 bits per heavy atom. The molecule has 0 aromatic heterocycles. The van der Waals surface area contributed by atoms with Crippen LogP contribution in [0.5, 0.6) is 5.75 Å². The molecule has 1 aliphatic carbocycles. The van der Waals surface area contributed by atoms with Crippen molar-refractivity contribution < 1.29 is 5.11 Å². The Morgan fingerprint density at radius 3 is 2.21 bits per heavy atom. The molecule has 2 nitrogen and oxygen atoms in total. The Balaban J connectivity index is 2.40. The van der Waals surface area contributed by atoms with Gasteiger partial charge in [-0.1, -0.05) is 0 Å². The number of hydrogen-bond donors (Lipinski definition) is 2. The van der Waals surface area contributed by atoms with E-state index in [2.05, 4.69) is 0 Å². The van der Waals surface area contributed by atoms with Gasteiger partial charge in [0.25, 0.3) is 0 Å². The third-order valence-corrected chi connectivity index (χ3v) is 3.04. The van der Waals surface area contributed by atoms with Crippen molar-refractivity contribution in [1.82, 2.24) is 0 Å². The van der Waals surface area contributed by atoms with E-state index in [4.69, 9.17) is 5.73 Å². The van der Waals surface area contributed by atoms with E-state index in [0.29, 0.717) is 11.7 Å². The molecule has 0 unspecified atom stereocenters. The third-order valence-electron chi connectivity index (χ3n) is 3.04. The van der Waals surface area contributed by atoms with Gasteiger partial charge in [0.05, 0.1) is 0 Å². The predicted molar refractivity (Wildman–Crippen MR) is 57.2 cm³/mol. The van der Waals surface area contributed by atoms with Crippen LogP contribution in [0.25, 0.3) is 0 Å². The minimum absolute atomic E-state index is 0.163. The first-order chi connectivity index (χ1) is 6.59. The van der Waals surface area contributed by atoms with Crippen molar-refractivity contribution in [2.75, 3.05) is 0 Å². The summed E-state index contributed by atoms with van der Waals surface area (Å²) in [4.78, 5) is 0. The highest BCUT2D eigenvalue weighted by Gasteiger charge is 2.31. The highest BCUT2D eigenvalue weighted by atomic mass is 16.3. The van der Waals surface area contributed by atoms with Gasteiger partial charge in [0.15, 0.2) is 0 Å². The molecule has 14 heavy (non-hydrogen) atoms. The van der Waals surface area contributed by atoms with Gasteiger partial charge < -0.3 is 10.8 Å². The molecular weight excluding hydrogens is 174 g/mol. The number of phenols is 1. The number of phenolic OH excluding ortho intramolecular Hbond substituents is 1. The number of rotatable bonds is 2. The lowest BCUT2D eigenvalue weighted by atomic mass is 9.93. The quantitative estimate of drug-likeness (QED) is 0.754. The second kappa shape index (κ2) is 3.28. The monoisotopic (exact) mass is 191 g/mol. The fourth-order valence-electron chi connectivity index (χ4n) is 2.17. The van der Waals surface area contributed by atoms with E-state index in [1.807, 2.05) is 13.8 Å². The first-order valence-electron chi connectivity index (χ1n) is 5.15. The van der Waals surface area contributed by atoms with Gasteiger partial charge >= 0.3 is 0 Å². The zero-order chi connectivity index (χ0) is 10.3. The topological polar surface area (TPSA) is 46.2 Å². The molecule has 0 amide bonds. The van der Waals surface area contributed by atoms with Crippen LogP contribution in [0.15, 0.2) is 12.1 Å². The molecule has 1 atom stereocenters. The second-order valence-electron chi connectivity index (χ2n) is 4.36. The van der Waals surface area contributed by atoms with Gasteiger partial charge in [0.1, 0.15) is 5.75 Å². The molecule has 0 radical (unpaired) electrons. The Bertz CT molecular complexity index is 332. The van der Waals surface area contributed by atoms with Gasteiger partial charge in [-0.15, -0.1) is 0 Å². The Hall–Kier alpha value is -1.02. The molecule has 1 aromatic rings. The molecule has 0 saturated heterocycles. The van der Waals surface area contributed by atoms with Crippen LogP contribution in [0.4, 0.5) is 0 Å². The highest BCUT2D eigenvalue weighted by Crippen LogP contribution is 2.41. The smallest absolute Gasteiger partial charge is 0.116 e. The van der Waals surface area contributed by atoms with Crippen LogP contribution in [-0.4, -0.2) is 5.11 Å². The summed E-state index contributed by atoms with van der Waals surface area (Å²) in [5, 5.41) is 9.41. The summed E-state index contributed by atoms with van der Waals surface area (Å²) in [5.41, 5.74) is 9.62. The van der Waals surface area contributed by atoms with Crippen LogP contribution in [-0.2, 0) is 0 Å². The van der Waals surface area contributed by atoms with E-state index >= 15 is 0 Å². The molecule has 0 bridgehead atoms. The third kappa shape index (κ3) is 1.62. The first-order valence-corrected chi connectivity index (χ1v) is 5.15. The molecule has 1 fully saturated rings. The van der Waals surface area contributed by atoms with E-state index in [-0.39, 0.29) is 6.04 Å². The van der Waals surface area contributed by atoms with Gasteiger partial charge in [-0.3, -0.25) is 0 Å². The minimum atomic E-state index is 0.163. The minimum Gasteiger partial charge on any atom is -0.508 e. The Labute approximate surface area is 84.7 Å². The van der Waals surface area contributed by atoms with Gasteiger partial charge in [-0.05, 0) is 61.4 Å². The number of aromatic hydroxyl groups is 1. The van der Waals surface area contributed by atoms with Crippen molar-refractivity contribution >= 4 is 0 Å². The van der Waals surface area contributed by atoms with Gasteiger partial charge in [0, 0.05) is 6.04 Å². The Morgan fingerprint density at radius 1 is 1.29 bits per heavy atom. The number of nitrogens with two attached hydrogens (primary N) is 1. The van der Waals surface area contributed by atoms with Crippen molar-refractivity contribution in [2.24, 2.45) is 11.7 Å². The molecule has 1 aromatic carbocycles. The average Bonchev–Trinajstić information content (AvgIpc) is 2.83. The van der Waals surface area contributed by atoms with Crippen molar-refractivity contribution in [3.63, 3.8) is 0 Å². The molecule has 0 spiro atoms. The van der Waals surface area contributed by atoms with Crippen LogP contribution in [0, 0.1) is 19.8 Å². The van der Waals surface area contributed by atoms with E-state index in [1.165, 1.54) is 18.4 Å². The molecule has 0 aliphatic heterocycles. The Kier molecular flexibility index (Phi) is 2.23. The van der Waals surface area contributed by atoms with Gasteiger partial charge in [0.2, 0.25) is 0 Å². The highest BCUT2D eigenvalue weighted by molar-refractivity contribution is 5.42. The molecule has 1 saturated carbocycles. The molecule has 76 valence electrons. The first kappa shape index (κ1) is 9.53.